The molecular formula is C21H21FN2O4. The lowest BCUT2D eigenvalue weighted by Gasteiger charge is -2.21. The summed E-state index contributed by atoms with van der Waals surface area (Å²) in [6.45, 7) is 0.924. The third kappa shape index (κ3) is 3.84. The van der Waals surface area contributed by atoms with Gasteiger partial charge >= 0.3 is 0 Å². The highest BCUT2D eigenvalue weighted by molar-refractivity contribution is 6.00. The van der Waals surface area contributed by atoms with Gasteiger partial charge in [0.05, 0.1) is 0 Å². The van der Waals surface area contributed by atoms with Gasteiger partial charge in [0.25, 0.3) is 11.8 Å². The molecule has 1 N–H and O–H groups in total. The molecule has 7 heteroatoms. The van der Waals surface area contributed by atoms with Crippen LogP contribution in [0.5, 0.6) is 5.75 Å². The maximum Gasteiger partial charge on any atom is 0.262 e. The van der Waals surface area contributed by atoms with E-state index in [1.807, 2.05) is 6.07 Å². The summed E-state index contributed by atoms with van der Waals surface area (Å²) in [5, 5.41) is 2.73. The highest BCUT2D eigenvalue weighted by Crippen LogP contribution is 2.32. The van der Waals surface area contributed by atoms with E-state index in [1.54, 1.807) is 29.2 Å². The van der Waals surface area contributed by atoms with Gasteiger partial charge in [0.2, 0.25) is 0 Å². The Balaban J connectivity index is 1.41. The number of carbonyl (C=O) groups excluding carboxylic acids is 2. The summed E-state index contributed by atoms with van der Waals surface area (Å²) < 4.78 is 24.3. The molecule has 1 unspecified atom stereocenters. The largest absolute Gasteiger partial charge is 0.481 e. The Bertz CT molecular complexity index is 896. The van der Waals surface area contributed by atoms with Crippen LogP contribution in [0.15, 0.2) is 42.5 Å². The van der Waals surface area contributed by atoms with Crippen LogP contribution in [0.25, 0.3) is 0 Å². The van der Waals surface area contributed by atoms with Crippen LogP contribution in [0.2, 0.25) is 0 Å². The first-order chi connectivity index (χ1) is 13.6. The standard InChI is InChI=1S/C21H21FN2O4/c22-16-4-1-2-5-18(16)28-13-20(25)23-15-8-7-14-9-10-24(17(14)12-15)21(26)19-6-3-11-27-19/h1-2,4-5,7-8,12,19H,3,6,9-11,13H2,(H,23,25). The Morgan fingerprint density at radius 2 is 2.11 bits per heavy atom. The van der Waals surface area contributed by atoms with E-state index >= 15 is 0 Å². The van der Waals surface area contributed by atoms with E-state index in [1.165, 1.54) is 12.1 Å². The molecule has 0 saturated carbocycles. The van der Waals surface area contributed by atoms with E-state index in [0.717, 1.165) is 30.5 Å². The number of rotatable bonds is 5. The third-order valence-electron chi connectivity index (χ3n) is 4.93. The van der Waals surface area contributed by atoms with Crippen LogP contribution >= 0.6 is 0 Å². The van der Waals surface area contributed by atoms with Crippen molar-refractivity contribution in [3.05, 3.63) is 53.8 Å². The van der Waals surface area contributed by atoms with Crippen molar-refractivity contribution in [1.29, 1.82) is 0 Å². The van der Waals surface area contributed by atoms with E-state index in [4.69, 9.17) is 9.47 Å². The maximum absolute atomic E-state index is 13.6. The Morgan fingerprint density at radius 3 is 2.89 bits per heavy atom. The number of para-hydroxylation sites is 1. The highest BCUT2D eigenvalue weighted by atomic mass is 19.1. The Hall–Kier alpha value is -2.93. The lowest BCUT2D eigenvalue weighted by atomic mass is 10.1. The van der Waals surface area contributed by atoms with E-state index in [-0.39, 0.29) is 24.4 Å². The van der Waals surface area contributed by atoms with Crippen LogP contribution in [0, 0.1) is 5.82 Å². The first kappa shape index (κ1) is 18.4. The minimum atomic E-state index is -0.517. The van der Waals surface area contributed by atoms with Crippen LogP contribution < -0.4 is 15.0 Å². The summed E-state index contributed by atoms with van der Waals surface area (Å²) in [6, 6.07) is 11.4. The second-order valence-corrected chi connectivity index (χ2v) is 6.85. The third-order valence-corrected chi connectivity index (χ3v) is 4.93. The fourth-order valence-corrected chi connectivity index (χ4v) is 3.53. The minimum Gasteiger partial charge on any atom is -0.481 e. The summed E-state index contributed by atoms with van der Waals surface area (Å²) in [4.78, 5) is 26.6. The van der Waals surface area contributed by atoms with Gasteiger partial charge in [-0.2, -0.15) is 0 Å². The molecule has 2 aliphatic rings. The number of ether oxygens (including phenoxy) is 2. The first-order valence-electron chi connectivity index (χ1n) is 9.35. The molecule has 0 spiro atoms. The number of hydrogen-bond donors (Lipinski definition) is 1. The maximum atomic E-state index is 13.6. The van der Waals surface area contributed by atoms with Crippen molar-refractivity contribution in [3.63, 3.8) is 0 Å². The molecule has 2 heterocycles. The average molecular weight is 384 g/mol. The fraction of sp³-hybridized carbons (Fsp3) is 0.333. The number of fused-ring (bicyclic) bond motifs is 1. The predicted octanol–water partition coefficient (Wildman–Crippen LogP) is 2.91. The topological polar surface area (TPSA) is 67.9 Å². The van der Waals surface area contributed by atoms with Gasteiger partial charge in [-0.25, -0.2) is 4.39 Å². The number of nitrogens with zero attached hydrogens (tertiary/aromatic N) is 1. The summed E-state index contributed by atoms with van der Waals surface area (Å²) in [5.74, 6) is -0.920. The zero-order valence-electron chi connectivity index (χ0n) is 15.3. The molecule has 2 aromatic rings. The van der Waals surface area contributed by atoms with E-state index in [2.05, 4.69) is 5.32 Å². The Kier molecular flexibility index (Phi) is 5.25. The van der Waals surface area contributed by atoms with Crippen molar-refractivity contribution < 1.29 is 23.5 Å². The molecule has 4 rings (SSSR count). The monoisotopic (exact) mass is 384 g/mol. The Morgan fingerprint density at radius 1 is 1.25 bits per heavy atom. The quantitative estimate of drug-likeness (QED) is 0.861. The van der Waals surface area contributed by atoms with Crippen molar-refractivity contribution >= 4 is 23.2 Å². The van der Waals surface area contributed by atoms with Gasteiger partial charge in [0.1, 0.15) is 6.10 Å². The molecule has 6 nitrogen and oxygen atoms in total. The van der Waals surface area contributed by atoms with Crippen molar-refractivity contribution in [2.75, 3.05) is 30.0 Å². The highest BCUT2D eigenvalue weighted by Gasteiger charge is 2.32. The summed E-state index contributed by atoms with van der Waals surface area (Å²) in [7, 11) is 0. The normalized spacial score (nSPS) is 18.0. The lowest BCUT2D eigenvalue weighted by molar-refractivity contribution is -0.127. The minimum absolute atomic E-state index is 0.0254. The number of hydrogen-bond acceptors (Lipinski definition) is 4. The number of anilines is 2. The number of nitrogens with one attached hydrogen (secondary N) is 1. The van der Waals surface area contributed by atoms with Crippen molar-refractivity contribution in [1.82, 2.24) is 0 Å². The number of carbonyl (C=O) groups is 2. The second kappa shape index (κ2) is 7.98. The Labute approximate surface area is 162 Å². The van der Waals surface area contributed by atoms with Gasteiger partial charge in [-0.15, -0.1) is 0 Å². The molecule has 2 aromatic carbocycles. The fourth-order valence-electron chi connectivity index (χ4n) is 3.53. The molecule has 2 amide bonds. The smallest absolute Gasteiger partial charge is 0.262 e. The number of halogens is 1. The molecule has 1 atom stereocenters. The molecule has 146 valence electrons. The molecule has 28 heavy (non-hydrogen) atoms. The molecule has 1 saturated heterocycles. The van der Waals surface area contributed by atoms with Crippen molar-refractivity contribution in [2.45, 2.75) is 25.4 Å². The van der Waals surface area contributed by atoms with Gasteiger partial charge in [0.15, 0.2) is 18.2 Å². The van der Waals surface area contributed by atoms with Crippen LogP contribution in [0.3, 0.4) is 0 Å². The van der Waals surface area contributed by atoms with Gasteiger partial charge in [0, 0.05) is 24.5 Å². The van der Waals surface area contributed by atoms with Crippen LogP contribution in [0.1, 0.15) is 18.4 Å². The molecule has 0 aliphatic carbocycles. The van der Waals surface area contributed by atoms with Crippen LogP contribution in [0.4, 0.5) is 15.8 Å². The molecular weight excluding hydrogens is 363 g/mol. The van der Waals surface area contributed by atoms with E-state index in [9.17, 15) is 14.0 Å². The molecule has 1 fully saturated rings. The summed E-state index contributed by atoms with van der Waals surface area (Å²) in [6.07, 6.45) is 2.04. The predicted molar refractivity (Wildman–Crippen MR) is 102 cm³/mol. The zero-order valence-corrected chi connectivity index (χ0v) is 15.3. The summed E-state index contributed by atoms with van der Waals surface area (Å²) in [5.41, 5.74) is 2.42. The first-order valence-corrected chi connectivity index (χ1v) is 9.35. The SMILES string of the molecule is O=C(COc1ccccc1F)Nc1ccc2c(c1)N(C(=O)C1CCCO1)CC2. The second-order valence-electron chi connectivity index (χ2n) is 6.85. The molecule has 0 bridgehead atoms. The number of amides is 2. The van der Waals surface area contributed by atoms with Crippen molar-refractivity contribution in [3.8, 4) is 5.75 Å². The lowest BCUT2D eigenvalue weighted by Crippen LogP contribution is -2.37. The molecule has 0 aromatic heterocycles. The molecule has 2 aliphatic heterocycles. The van der Waals surface area contributed by atoms with Gasteiger partial charge < -0.3 is 19.7 Å². The van der Waals surface area contributed by atoms with Gasteiger partial charge in [-0.1, -0.05) is 18.2 Å². The molecule has 0 radical (unpaired) electrons. The average Bonchev–Trinajstić information content (AvgIpc) is 3.37. The summed E-state index contributed by atoms with van der Waals surface area (Å²) >= 11 is 0. The van der Waals surface area contributed by atoms with Crippen molar-refractivity contribution in [2.24, 2.45) is 0 Å². The van der Waals surface area contributed by atoms with E-state index in [0.29, 0.717) is 18.8 Å². The zero-order chi connectivity index (χ0) is 19.5. The van der Waals surface area contributed by atoms with Gasteiger partial charge in [-0.05, 0) is 49.1 Å². The van der Waals surface area contributed by atoms with Gasteiger partial charge in [-0.3, -0.25) is 9.59 Å². The van der Waals surface area contributed by atoms with Crippen LogP contribution in [-0.2, 0) is 20.7 Å². The van der Waals surface area contributed by atoms with E-state index < -0.39 is 11.7 Å². The van der Waals surface area contributed by atoms with Crippen LogP contribution in [-0.4, -0.2) is 37.7 Å². The number of benzene rings is 2.